The molecule has 0 amide bonds. The van der Waals surface area contributed by atoms with Gasteiger partial charge in [0.1, 0.15) is 5.82 Å². The van der Waals surface area contributed by atoms with E-state index in [1.165, 1.54) is 12.1 Å². The van der Waals surface area contributed by atoms with Crippen LogP contribution in [-0.2, 0) is 5.88 Å². The van der Waals surface area contributed by atoms with Crippen LogP contribution in [0, 0.1) is 5.82 Å². The van der Waals surface area contributed by atoms with E-state index in [1.54, 1.807) is 12.1 Å². The Labute approximate surface area is 93.3 Å². The van der Waals surface area contributed by atoms with Crippen molar-refractivity contribution in [3.63, 3.8) is 0 Å². The molecule has 0 aliphatic carbocycles. The summed E-state index contributed by atoms with van der Waals surface area (Å²) in [5, 5.41) is 0. The fourth-order valence-electron chi connectivity index (χ4n) is 1.43. The van der Waals surface area contributed by atoms with Crippen LogP contribution < -0.4 is 0 Å². The van der Waals surface area contributed by atoms with E-state index in [0.29, 0.717) is 5.88 Å². The van der Waals surface area contributed by atoms with E-state index in [9.17, 15) is 4.39 Å². The van der Waals surface area contributed by atoms with Crippen molar-refractivity contribution in [3.8, 4) is 11.1 Å². The summed E-state index contributed by atoms with van der Waals surface area (Å²) >= 11 is 5.70. The Balaban J connectivity index is 2.33. The maximum absolute atomic E-state index is 12.7. The van der Waals surface area contributed by atoms with Gasteiger partial charge in [-0.3, -0.25) is 0 Å². The molecule has 2 rings (SSSR count). The fraction of sp³-hybridized carbons (Fsp3) is 0.0769. The molecular formula is C13H10ClF. The molecule has 0 aliphatic heterocycles. The summed E-state index contributed by atoms with van der Waals surface area (Å²) in [5.41, 5.74) is 3.17. The van der Waals surface area contributed by atoms with Crippen molar-refractivity contribution in [2.24, 2.45) is 0 Å². The van der Waals surface area contributed by atoms with Crippen LogP contribution in [0.3, 0.4) is 0 Å². The van der Waals surface area contributed by atoms with Crippen molar-refractivity contribution in [1.29, 1.82) is 0 Å². The van der Waals surface area contributed by atoms with Gasteiger partial charge in [-0.25, -0.2) is 4.39 Å². The molecule has 0 atom stereocenters. The molecule has 0 saturated carbocycles. The highest BCUT2D eigenvalue weighted by molar-refractivity contribution is 6.17. The molecule has 0 aromatic heterocycles. The van der Waals surface area contributed by atoms with Gasteiger partial charge >= 0.3 is 0 Å². The van der Waals surface area contributed by atoms with Gasteiger partial charge in [0.2, 0.25) is 0 Å². The molecule has 15 heavy (non-hydrogen) atoms. The first kappa shape index (κ1) is 10.2. The smallest absolute Gasteiger partial charge is 0.123 e. The minimum Gasteiger partial charge on any atom is -0.207 e. The summed E-state index contributed by atoms with van der Waals surface area (Å²) in [6.07, 6.45) is 0. The molecule has 0 heterocycles. The second-order valence-electron chi connectivity index (χ2n) is 3.34. The second-order valence-corrected chi connectivity index (χ2v) is 3.60. The molecule has 0 unspecified atom stereocenters. The summed E-state index contributed by atoms with van der Waals surface area (Å²) < 4.78 is 12.7. The first-order valence-corrected chi connectivity index (χ1v) is 5.24. The Hall–Kier alpha value is -1.34. The van der Waals surface area contributed by atoms with Gasteiger partial charge in [-0.05, 0) is 28.8 Å². The number of benzene rings is 2. The lowest BCUT2D eigenvalue weighted by molar-refractivity contribution is 0.628. The summed E-state index contributed by atoms with van der Waals surface area (Å²) in [7, 11) is 0. The van der Waals surface area contributed by atoms with Crippen molar-refractivity contribution in [3.05, 3.63) is 59.9 Å². The van der Waals surface area contributed by atoms with Crippen molar-refractivity contribution in [2.45, 2.75) is 5.88 Å². The van der Waals surface area contributed by atoms with Crippen LogP contribution in [0.4, 0.5) is 4.39 Å². The molecule has 2 aromatic rings. The number of hydrogen-bond donors (Lipinski definition) is 0. The Kier molecular flexibility index (Phi) is 3.02. The highest BCUT2D eigenvalue weighted by Gasteiger charge is 1.97. The maximum Gasteiger partial charge on any atom is 0.123 e. The van der Waals surface area contributed by atoms with Gasteiger partial charge in [-0.15, -0.1) is 11.6 Å². The zero-order chi connectivity index (χ0) is 10.7. The zero-order valence-electron chi connectivity index (χ0n) is 8.08. The quantitative estimate of drug-likeness (QED) is 0.665. The largest absolute Gasteiger partial charge is 0.207 e. The molecule has 2 heteroatoms. The summed E-state index contributed by atoms with van der Waals surface area (Å²) in [6, 6.07) is 14.4. The number of halogens is 2. The minimum absolute atomic E-state index is 0.212. The van der Waals surface area contributed by atoms with Crippen LogP contribution in [0.2, 0.25) is 0 Å². The molecule has 76 valence electrons. The summed E-state index contributed by atoms with van der Waals surface area (Å²) in [5.74, 6) is 0.306. The Morgan fingerprint density at radius 3 is 1.73 bits per heavy atom. The van der Waals surface area contributed by atoms with Crippen molar-refractivity contribution >= 4 is 11.6 Å². The van der Waals surface area contributed by atoms with Gasteiger partial charge < -0.3 is 0 Å². The lowest BCUT2D eigenvalue weighted by atomic mass is 10.0. The minimum atomic E-state index is -0.212. The molecule has 2 aromatic carbocycles. The molecule has 0 fully saturated rings. The lowest BCUT2D eigenvalue weighted by Gasteiger charge is -2.02. The van der Waals surface area contributed by atoms with E-state index < -0.39 is 0 Å². The molecule has 0 spiro atoms. The van der Waals surface area contributed by atoms with Crippen LogP contribution in [0.5, 0.6) is 0 Å². The van der Waals surface area contributed by atoms with Crippen LogP contribution in [0.25, 0.3) is 11.1 Å². The maximum atomic E-state index is 12.7. The second kappa shape index (κ2) is 4.45. The predicted molar refractivity (Wildman–Crippen MR) is 61.4 cm³/mol. The van der Waals surface area contributed by atoms with Crippen LogP contribution >= 0.6 is 11.6 Å². The average molecular weight is 221 g/mol. The van der Waals surface area contributed by atoms with Gasteiger partial charge in [-0.1, -0.05) is 36.4 Å². The van der Waals surface area contributed by atoms with E-state index in [4.69, 9.17) is 11.6 Å². The highest BCUT2D eigenvalue weighted by Crippen LogP contribution is 2.20. The summed E-state index contributed by atoms with van der Waals surface area (Å²) in [6.45, 7) is 0. The standard InChI is InChI=1S/C13H10ClF/c14-9-10-1-3-11(4-2-10)12-5-7-13(15)8-6-12/h1-8H,9H2. The summed E-state index contributed by atoms with van der Waals surface area (Å²) in [4.78, 5) is 0. The molecule has 0 N–H and O–H groups in total. The van der Waals surface area contributed by atoms with E-state index in [2.05, 4.69) is 0 Å². The van der Waals surface area contributed by atoms with Gasteiger partial charge in [0.25, 0.3) is 0 Å². The molecule has 0 aliphatic rings. The molecular weight excluding hydrogens is 211 g/mol. The predicted octanol–water partition coefficient (Wildman–Crippen LogP) is 4.23. The van der Waals surface area contributed by atoms with Gasteiger partial charge in [-0.2, -0.15) is 0 Å². The molecule has 0 bridgehead atoms. The SMILES string of the molecule is Fc1ccc(-c2ccc(CCl)cc2)cc1. The Bertz CT molecular complexity index is 431. The van der Waals surface area contributed by atoms with Gasteiger partial charge in [0.05, 0.1) is 0 Å². The van der Waals surface area contributed by atoms with E-state index in [1.807, 2.05) is 24.3 Å². The fourth-order valence-corrected chi connectivity index (χ4v) is 1.61. The number of alkyl halides is 1. The van der Waals surface area contributed by atoms with Gasteiger partial charge in [0.15, 0.2) is 0 Å². The van der Waals surface area contributed by atoms with E-state index >= 15 is 0 Å². The third-order valence-corrected chi connectivity index (χ3v) is 2.59. The van der Waals surface area contributed by atoms with Gasteiger partial charge in [0, 0.05) is 5.88 Å². The first-order valence-electron chi connectivity index (χ1n) is 4.70. The van der Waals surface area contributed by atoms with Crippen LogP contribution in [0.1, 0.15) is 5.56 Å². The molecule has 0 nitrogen and oxygen atoms in total. The Morgan fingerprint density at radius 1 is 0.800 bits per heavy atom. The molecule has 0 saturated heterocycles. The van der Waals surface area contributed by atoms with E-state index in [0.717, 1.165) is 16.7 Å². The zero-order valence-corrected chi connectivity index (χ0v) is 8.84. The normalized spacial score (nSPS) is 10.3. The van der Waals surface area contributed by atoms with Crippen molar-refractivity contribution in [2.75, 3.05) is 0 Å². The Morgan fingerprint density at radius 2 is 1.27 bits per heavy atom. The topological polar surface area (TPSA) is 0 Å². The highest BCUT2D eigenvalue weighted by atomic mass is 35.5. The third-order valence-electron chi connectivity index (χ3n) is 2.29. The van der Waals surface area contributed by atoms with Crippen molar-refractivity contribution in [1.82, 2.24) is 0 Å². The number of rotatable bonds is 2. The monoisotopic (exact) mass is 220 g/mol. The van der Waals surface area contributed by atoms with Crippen LogP contribution in [0.15, 0.2) is 48.5 Å². The number of hydrogen-bond acceptors (Lipinski definition) is 0. The first-order chi connectivity index (χ1) is 7.29. The third kappa shape index (κ3) is 2.37. The lowest BCUT2D eigenvalue weighted by Crippen LogP contribution is -1.81. The van der Waals surface area contributed by atoms with Crippen LogP contribution in [-0.4, -0.2) is 0 Å². The van der Waals surface area contributed by atoms with E-state index in [-0.39, 0.29) is 5.82 Å². The van der Waals surface area contributed by atoms with Crippen molar-refractivity contribution < 1.29 is 4.39 Å². The average Bonchev–Trinajstić information content (AvgIpc) is 2.30. The molecule has 0 radical (unpaired) electrons.